The zero-order chi connectivity index (χ0) is 6.57. The number of carboxylic acids is 1. The lowest BCUT2D eigenvalue weighted by Gasteiger charge is -1.90. The molecule has 0 amide bonds. The Labute approximate surface area is 45.8 Å². The summed E-state index contributed by atoms with van der Waals surface area (Å²) in [7, 11) is -3.06. The molecular weight excluding hydrogens is 135 g/mol. The molecule has 0 aliphatic heterocycles. The van der Waals surface area contributed by atoms with Gasteiger partial charge in [0, 0.05) is 0 Å². The lowest BCUT2D eigenvalue weighted by molar-refractivity contribution is -0.139. The van der Waals surface area contributed by atoms with Crippen LogP contribution in [0, 0.1) is 0 Å². The highest BCUT2D eigenvalue weighted by molar-refractivity contribution is 7.32. The number of hydrogen-bond donors (Lipinski definition) is 2. The van der Waals surface area contributed by atoms with Crippen molar-refractivity contribution in [2.45, 2.75) is 0 Å². The van der Waals surface area contributed by atoms with Crippen LogP contribution in [0.2, 0.25) is 0 Å². The molecule has 0 saturated carbocycles. The number of carbonyl (C=O) groups is 1. The van der Waals surface area contributed by atoms with Gasteiger partial charge in [0.05, 0.1) is 0 Å². The lowest BCUT2D eigenvalue weighted by Crippen LogP contribution is -2.01. The van der Waals surface area contributed by atoms with Gasteiger partial charge in [0.25, 0.3) is 0 Å². The van der Waals surface area contributed by atoms with E-state index in [0.29, 0.717) is 0 Å². The van der Waals surface area contributed by atoms with Crippen molar-refractivity contribution in [2.75, 3.05) is 6.61 Å². The molecule has 0 aromatic carbocycles. The Morgan fingerprint density at radius 2 is 2.25 bits per heavy atom. The van der Waals surface area contributed by atoms with Gasteiger partial charge in [-0.25, -0.2) is 4.79 Å². The van der Waals surface area contributed by atoms with Crippen molar-refractivity contribution in [1.29, 1.82) is 0 Å². The summed E-state index contributed by atoms with van der Waals surface area (Å²) in [6.07, 6.45) is 0. The van der Waals surface area contributed by atoms with Crippen LogP contribution < -0.4 is 0 Å². The molecule has 0 aromatic rings. The van der Waals surface area contributed by atoms with Crippen LogP contribution in [-0.4, -0.2) is 22.6 Å². The average Bonchev–Trinajstić information content (AvgIpc) is 1.61. The van der Waals surface area contributed by atoms with Crippen LogP contribution >= 0.6 is 8.25 Å². The summed E-state index contributed by atoms with van der Waals surface area (Å²) < 4.78 is 13.4. The third-order valence-corrected chi connectivity index (χ3v) is 0.710. The van der Waals surface area contributed by atoms with Gasteiger partial charge in [-0.1, -0.05) is 0 Å². The van der Waals surface area contributed by atoms with Crippen LogP contribution in [0.1, 0.15) is 0 Å². The fourth-order valence-electron chi connectivity index (χ4n) is 0.123. The highest BCUT2D eigenvalue weighted by Crippen LogP contribution is 2.12. The lowest BCUT2D eigenvalue weighted by atomic mass is 10.8. The minimum absolute atomic E-state index is 0.714. The van der Waals surface area contributed by atoms with E-state index in [-0.39, 0.29) is 0 Å². The van der Waals surface area contributed by atoms with Gasteiger partial charge in [0.15, 0.2) is 6.61 Å². The van der Waals surface area contributed by atoms with Crippen molar-refractivity contribution in [3.63, 3.8) is 0 Å². The van der Waals surface area contributed by atoms with Crippen LogP contribution in [0.4, 0.5) is 0 Å². The van der Waals surface area contributed by atoms with E-state index in [1.54, 1.807) is 0 Å². The second kappa shape index (κ2) is 3.60. The van der Waals surface area contributed by atoms with Crippen molar-refractivity contribution >= 4 is 14.2 Å². The molecule has 0 aliphatic rings. The standard InChI is InChI=1S/C2H5O5P/c3-2(4)1-7-8(5)6/h8H,1H2,(H,3,4)(H,5,6). The zero-order valence-corrected chi connectivity index (χ0v) is 4.83. The molecule has 0 rings (SSSR count). The summed E-state index contributed by atoms with van der Waals surface area (Å²) in [6.45, 7) is -0.714. The minimum Gasteiger partial charge on any atom is -0.480 e. The number of aliphatic carboxylic acids is 1. The molecule has 0 saturated heterocycles. The molecular formula is C2H5O5P. The molecule has 0 aliphatic carbocycles. The Balaban J connectivity index is 3.18. The zero-order valence-electron chi connectivity index (χ0n) is 3.83. The molecule has 0 fully saturated rings. The second-order valence-electron chi connectivity index (χ2n) is 0.948. The van der Waals surface area contributed by atoms with E-state index in [4.69, 9.17) is 10.00 Å². The van der Waals surface area contributed by atoms with Gasteiger partial charge in [-0.15, -0.1) is 0 Å². The Hall–Kier alpha value is -0.380. The SMILES string of the molecule is O=C(O)CO[PH](=O)O. The molecule has 1 atom stereocenters. The maximum Gasteiger partial charge on any atom is 0.330 e. The topological polar surface area (TPSA) is 83.8 Å². The highest BCUT2D eigenvalue weighted by Gasteiger charge is 1.97. The van der Waals surface area contributed by atoms with Gasteiger partial charge in [-0.2, -0.15) is 0 Å². The number of carboxylic acid groups (broad SMARTS) is 1. The quantitative estimate of drug-likeness (QED) is 0.514. The third-order valence-electron chi connectivity index (χ3n) is 0.319. The smallest absolute Gasteiger partial charge is 0.330 e. The van der Waals surface area contributed by atoms with Crippen LogP contribution in [0.15, 0.2) is 0 Å². The normalized spacial score (nSPS) is 13.1. The van der Waals surface area contributed by atoms with E-state index >= 15 is 0 Å². The Bertz CT molecular complexity index is 95.0. The molecule has 0 radical (unpaired) electrons. The predicted octanol–water partition coefficient (Wildman–Crippen LogP) is -0.530. The molecule has 8 heavy (non-hydrogen) atoms. The van der Waals surface area contributed by atoms with Gasteiger partial charge in [0.2, 0.25) is 0 Å². The molecule has 5 nitrogen and oxygen atoms in total. The van der Waals surface area contributed by atoms with Crippen molar-refractivity contribution in [3.05, 3.63) is 0 Å². The van der Waals surface area contributed by atoms with Crippen molar-refractivity contribution < 1.29 is 23.9 Å². The number of hydrogen-bond acceptors (Lipinski definition) is 3. The van der Waals surface area contributed by atoms with Gasteiger partial charge < -0.3 is 10.00 Å². The summed E-state index contributed by atoms with van der Waals surface area (Å²) >= 11 is 0. The fraction of sp³-hybridized carbons (Fsp3) is 0.500. The van der Waals surface area contributed by atoms with E-state index < -0.39 is 20.8 Å². The second-order valence-corrected chi connectivity index (χ2v) is 1.77. The molecule has 0 bridgehead atoms. The molecule has 0 aromatic heterocycles. The van der Waals surface area contributed by atoms with Crippen LogP contribution in [0.25, 0.3) is 0 Å². The van der Waals surface area contributed by atoms with E-state index in [0.717, 1.165) is 0 Å². The molecule has 2 N–H and O–H groups in total. The first-order valence-corrected chi connectivity index (χ1v) is 2.97. The Kier molecular flexibility index (Phi) is 3.43. The average molecular weight is 140 g/mol. The molecule has 6 heteroatoms. The third kappa shape index (κ3) is 5.62. The van der Waals surface area contributed by atoms with Crippen molar-refractivity contribution in [1.82, 2.24) is 0 Å². The van der Waals surface area contributed by atoms with Crippen molar-refractivity contribution in [2.24, 2.45) is 0 Å². The van der Waals surface area contributed by atoms with E-state index in [1.165, 1.54) is 0 Å². The summed E-state index contributed by atoms with van der Waals surface area (Å²) in [5, 5.41) is 7.80. The first kappa shape index (κ1) is 7.62. The maximum absolute atomic E-state index is 9.60. The monoisotopic (exact) mass is 140 g/mol. The number of rotatable bonds is 3. The van der Waals surface area contributed by atoms with Gasteiger partial charge >= 0.3 is 14.2 Å². The van der Waals surface area contributed by atoms with Gasteiger partial charge in [-0.3, -0.25) is 9.09 Å². The first-order valence-electron chi connectivity index (χ1n) is 1.70. The van der Waals surface area contributed by atoms with Gasteiger partial charge in [0.1, 0.15) is 0 Å². The first-order chi connectivity index (χ1) is 3.63. The van der Waals surface area contributed by atoms with E-state index in [2.05, 4.69) is 4.52 Å². The van der Waals surface area contributed by atoms with Crippen LogP contribution in [-0.2, 0) is 13.9 Å². The Morgan fingerprint density at radius 3 is 2.38 bits per heavy atom. The summed E-state index contributed by atoms with van der Waals surface area (Å²) in [5.74, 6) is -1.25. The largest absolute Gasteiger partial charge is 0.480 e. The van der Waals surface area contributed by atoms with E-state index in [1.807, 2.05) is 0 Å². The van der Waals surface area contributed by atoms with Crippen LogP contribution in [0.3, 0.4) is 0 Å². The fourth-order valence-corrected chi connectivity index (χ4v) is 0.370. The molecule has 0 spiro atoms. The maximum atomic E-state index is 9.60. The van der Waals surface area contributed by atoms with E-state index in [9.17, 15) is 9.36 Å². The minimum atomic E-state index is -3.06. The predicted molar refractivity (Wildman–Crippen MR) is 24.8 cm³/mol. The molecule has 1 unspecified atom stereocenters. The van der Waals surface area contributed by atoms with Crippen LogP contribution in [0.5, 0.6) is 0 Å². The van der Waals surface area contributed by atoms with Crippen molar-refractivity contribution in [3.8, 4) is 0 Å². The summed E-state index contributed by atoms with van der Waals surface area (Å²) in [5.41, 5.74) is 0. The van der Waals surface area contributed by atoms with Gasteiger partial charge in [-0.05, 0) is 0 Å². The Morgan fingerprint density at radius 1 is 1.75 bits per heavy atom. The molecule has 48 valence electrons. The highest BCUT2D eigenvalue weighted by atomic mass is 31.1. The summed E-state index contributed by atoms with van der Waals surface area (Å²) in [6, 6.07) is 0. The molecule has 0 heterocycles. The summed E-state index contributed by atoms with van der Waals surface area (Å²) in [4.78, 5) is 17.4.